The quantitative estimate of drug-likeness (QED) is 0.890. The molecule has 0 spiro atoms. The van der Waals surface area contributed by atoms with E-state index in [1.54, 1.807) is 15.8 Å². The van der Waals surface area contributed by atoms with Gasteiger partial charge in [-0.2, -0.15) is 5.10 Å². The van der Waals surface area contributed by atoms with Crippen molar-refractivity contribution < 1.29 is 14.7 Å². The van der Waals surface area contributed by atoms with Crippen molar-refractivity contribution in [1.29, 1.82) is 0 Å². The van der Waals surface area contributed by atoms with Gasteiger partial charge in [-0.25, -0.2) is 4.68 Å². The maximum atomic E-state index is 12.5. The highest BCUT2D eigenvalue weighted by Crippen LogP contribution is 2.25. The zero-order valence-electron chi connectivity index (χ0n) is 12.5. The second-order valence-corrected chi connectivity index (χ2v) is 6.70. The second kappa shape index (κ2) is 6.16. The molecule has 1 amide bonds. The number of halogens is 1. The largest absolute Gasteiger partial charge is 0.481 e. The molecule has 2 heterocycles. The lowest BCUT2D eigenvalue weighted by Crippen LogP contribution is -2.29. The summed E-state index contributed by atoms with van der Waals surface area (Å²) in [6.07, 6.45) is 3.19. The van der Waals surface area contributed by atoms with Crippen molar-refractivity contribution in [3.63, 3.8) is 0 Å². The first kappa shape index (κ1) is 15.7. The van der Waals surface area contributed by atoms with Crippen LogP contribution in [0, 0.1) is 11.8 Å². The van der Waals surface area contributed by atoms with Crippen LogP contribution in [0.25, 0.3) is 5.69 Å². The fraction of sp³-hybridized carbons (Fsp3) is 0.312. The number of hydrogen-bond acceptors (Lipinski definition) is 3. The van der Waals surface area contributed by atoms with Gasteiger partial charge in [0.05, 0.1) is 23.4 Å². The minimum atomic E-state index is -0.849. The van der Waals surface area contributed by atoms with Gasteiger partial charge in [-0.15, -0.1) is 0 Å². The van der Waals surface area contributed by atoms with E-state index in [2.05, 4.69) is 21.0 Å². The summed E-state index contributed by atoms with van der Waals surface area (Å²) in [6, 6.07) is 7.60. The van der Waals surface area contributed by atoms with Crippen LogP contribution in [-0.4, -0.2) is 44.8 Å². The van der Waals surface area contributed by atoms with Crippen molar-refractivity contribution in [2.45, 2.75) is 6.92 Å². The number of benzene rings is 1. The van der Waals surface area contributed by atoms with E-state index in [9.17, 15) is 14.7 Å². The number of hydrogen-bond donors (Lipinski definition) is 1. The Hall–Kier alpha value is -2.15. The van der Waals surface area contributed by atoms with Gasteiger partial charge < -0.3 is 10.0 Å². The normalized spacial score (nSPS) is 20.7. The van der Waals surface area contributed by atoms with Crippen LogP contribution in [0.2, 0.25) is 0 Å². The highest BCUT2D eigenvalue weighted by Gasteiger charge is 2.37. The number of aliphatic carboxylic acids is 1. The van der Waals surface area contributed by atoms with Crippen molar-refractivity contribution >= 4 is 27.8 Å². The van der Waals surface area contributed by atoms with Crippen LogP contribution < -0.4 is 0 Å². The third-order valence-corrected chi connectivity index (χ3v) is 4.61. The molecule has 1 aromatic carbocycles. The zero-order valence-corrected chi connectivity index (χ0v) is 14.1. The predicted molar refractivity (Wildman–Crippen MR) is 87.5 cm³/mol. The number of amides is 1. The fourth-order valence-corrected chi connectivity index (χ4v) is 3.22. The lowest BCUT2D eigenvalue weighted by molar-refractivity contribution is -0.142. The number of carbonyl (C=O) groups is 2. The number of rotatable bonds is 3. The fourth-order valence-electron chi connectivity index (χ4n) is 2.83. The SMILES string of the molecule is C[C@@H]1CN(C(=O)c2cnn(-c3cccc(Br)c3)c2)C[C@H]1C(=O)O. The Kier molecular flexibility index (Phi) is 4.21. The molecule has 6 nitrogen and oxygen atoms in total. The van der Waals surface area contributed by atoms with Crippen LogP contribution in [0.3, 0.4) is 0 Å². The average Bonchev–Trinajstić information content (AvgIpc) is 3.13. The first-order valence-corrected chi connectivity index (χ1v) is 8.07. The molecule has 1 saturated heterocycles. The molecule has 0 radical (unpaired) electrons. The maximum Gasteiger partial charge on any atom is 0.308 e. The van der Waals surface area contributed by atoms with E-state index in [1.807, 2.05) is 31.2 Å². The molecular weight excluding hydrogens is 362 g/mol. The standard InChI is InChI=1S/C16H16BrN3O3/c1-10-7-19(9-14(10)16(22)23)15(21)11-6-18-20(8-11)13-4-2-3-12(17)5-13/h2-6,8,10,14H,7,9H2,1H3,(H,22,23)/t10-,14-/m1/s1. The number of likely N-dealkylation sites (tertiary alicyclic amines) is 1. The second-order valence-electron chi connectivity index (χ2n) is 5.79. The number of aromatic nitrogens is 2. The Morgan fingerprint density at radius 3 is 2.78 bits per heavy atom. The molecule has 120 valence electrons. The summed E-state index contributed by atoms with van der Waals surface area (Å²) in [6.45, 7) is 2.56. The van der Waals surface area contributed by atoms with E-state index >= 15 is 0 Å². The summed E-state index contributed by atoms with van der Waals surface area (Å²) >= 11 is 3.40. The third kappa shape index (κ3) is 3.14. The summed E-state index contributed by atoms with van der Waals surface area (Å²) in [5.41, 5.74) is 1.31. The van der Waals surface area contributed by atoms with Gasteiger partial charge in [0, 0.05) is 23.8 Å². The molecule has 23 heavy (non-hydrogen) atoms. The molecule has 0 aliphatic carbocycles. The topological polar surface area (TPSA) is 75.4 Å². The number of carbonyl (C=O) groups excluding carboxylic acids is 1. The van der Waals surface area contributed by atoms with Gasteiger partial charge in [-0.3, -0.25) is 9.59 Å². The highest BCUT2D eigenvalue weighted by molar-refractivity contribution is 9.10. The highest BCUT2D eigenvalue weighted by atomic mass is 79.9. The minimum Gasteiger partial charge on any atom is -0.481 e. The molecule has 7 heteroatoms. The summed E-state index contributed by atoms with van der Waals surface area (Å²) < 4.78 is 2.56. The number of nitrogens with zero attached hydrogens (tertiary/aromatic N) is 3. The van der Waals surface area contributed by atoms with Gasteiger partial charge in [0.1, 0.15) is 0 Å². The van der Waals surface area contributed by atoms with Crippen molar-refractivity contribution in [2.75, 3.05) is 13.1 Å². The Morgan fingerprint density at radius 2 is 2.13 bits per heavy atom. The van der Waals surface area contributed by atoms with Gasteiger partial charge in [-0.05, 0) is 24.1 Å². The lowest BCUT2D eigenvalue weighted by atomic mass is 9.99. The maximum absolute atomic E-state index is 12.5. The van der Waals surface area contributed by atoms with E-state index in [4.69, 9.17) is 0 Å². The molecule has 1 aliphatic rings. The smallest absolute Gasteiger partial charge is 0.308 e. The molecule has 1 fully saturated rings. The third-order valence-electron chi connectivity index (χ3n) is 4.12. The summed E-state index contributed by atoms with van der Waals surface area (Å²) in [4.78, 5) is 25.3. The Bertz CT molecular complexity index is 759. The van der Waals surface area contributed by atoms with Gasteiger partial charge >= 0.3 is 5.97 Å². The van der Waals surface area contributed by atoms with Crippen molar-refractivity contribution in [1.82, 2.24) is 14.7 Å². The van der Waals surface area contributed by atoms with Gasteiger partial charge in [-0.1, -0.05) is 28.9 Å². The molecule has 1 aliphatic heterocycles. The molecule has 1 aromatic heterocycles. The van der Waals surface area contributed by atoms with Crippen molar-refractivity contribution in [3.05, 3.63) is 46.7 Å². The lowest BCUT2D eigenvalue weighted by Gasteiger charge is -2.14. The summed E-state index contributed by atoms with van der Waals surface area (Å²) in [5, 5.41) is 13.4. The predicted octanol–water partition coefficient (Wildman–Crippen LogP) is 2.43. The van der Waals surface area contributed by atoms with Gasteiger partial charge in [0.25, 0.3) is 5.91 Å². The van der Waals surface area contributed by atoms with Crippen molar-refractivity contribution in [2.24, 2.45) is 11.8 Å². The van der Waals surface area contributed by atoms with Gasteiger partial charge in [0.15, 0.2) is 0 Å². The molecule has 0 unspecified atom stereocenters. The zero-order chi connectivity index (χ0) is 16.6. The van der Waals surface area contributed by atoms with E-state index in [-0.39, 0.29) is 18.4 Å². The Labute approximate surface area is 141 Å². The average molecular weight is 378 g/mol. The van der Waals surface area contributed by atoms with Crippen molar-refractivity contribution in [3.8, 4) is 5.69 Å². The molecule has 2 atom stereocenters. The van der Waals surface area contributed by atoms with Crippen LogP contribution in [-0.2, 0) is 4.79 Å². The molecule has 2 aromatic rings. The monoisotopic (exact) mass is 377 g/mol. The first-order valence-electron chi connectivity index (χ1n) is 7.28. The summed E-state index contributed by atoms with van der Waals surface area (Å²) in [7, 11) is 0. The van der Waals surface area contributed by atoms with Crippen LogP contribution in [0.5, 0.6) is 0 Å². The molecule has 3 rings (SSSR count). The molecule has 0 saturated carbocycles. The van der Waals surface area contributed by atoms with E-state index in [0.717, 1.165) is 10.2 Å². The van der Waals surface area contributed by atoms with Gasteiger partial charge in [0.2, 0.25) is 0 Å². The van der Waals surface area contributed by atoms with E-state index in [0.29, 0.717) is 12.1 Å². The molecule has 0 bridgehead atoms. The first-order chi connectivity index (χ1) is 11.0. The minimum absolute atomic E-state index is 0.0448. The Balaban J connectivity index is 1.78. The van der Waals surface area contributed by atoms with Crippen LogP contribution in [0.1, 0.15) is 17.3 Å². The summed E-state index contributed by atoms with van der Waals surface area (Å²) in [5.74, 6) is -1.57. The van der Waals surface area contributed by atoms with Crippen LogP contribution in [0.15, 0.2) is 41.1 Å². The number of carboxylic acids is 1. The van der Waals surface area contributed by atoms with E-state index in [1.165, 1.54) is 6.20 Å². The molecule has 1 N–H and O–H groups in total. The Morgan fingerprint density at radius 1 is 1.35 bits per heavy atom. The van der Waals surface area contributed by atoms with Crippen LogP contribution >= 0.6 is 15.9 Å². The number of carboxylic acid groups (broad SMARTS) is 1. The molecular formula is C16H16BrN3O3. The van der Waals surface area contributed by atoms with E-state index < -0.39 is 11.9 Å². The van der Waals surface area contributed by atoms with Crippen LogP contribution in [0.4, 0.5) is 0 Å².